The summed E-state index contributed by atoms with van der Waals surface area (Å²) in [5.41, 5.74) is 0.435. The lowest BCUT2D eigenvalue weighted by molar-refractivity contribution is 0.0570. The second-order valence-electron chi connectivity index (χ2n) is 12.8. The summed E-state index contributed by atoms with van der Waals surface area (Å²) in [5, 5.41) is 1.89. The fourth-order valence-corrected chi connectivity index (χ4v) is 5.36. The number of halogens is 7. The van der Waals surface area contributed by atoms with Crippen LogP contribution in [0.5, 0.6) is 0 Å². The molecule has 13 nitrogen and oxygen atoms in total. The Kier molecular flexibility index (Phi) is 18.4. The molecule has 0 bridgehead atoms. The molecule has 0 radical (unpaired) electrons. The first-order chi connectivity index (χ1) is 28.3. The quantitative estimate of drug-likeness (QED) is 0.0849. The molecule has 0 unspecified atom stereocenters. The van der Waals surface area contributed by atoms with Gasteiger partial charge < -0.3 is 24.3 Å². The highest BCUT2D eigenvalue weighted by molar-refractivity contribution is 6.34. The van der Waals surface area contributed by atoms with E-state index in [9.17, 15) is 32.3 Å². The number of hydrogen-bond donors (Lipinski definition) is 1. The molecular formula is C40H36Cl4F3N5O8. The van der Waals surface area contributed by atoms with Gasteiger partial charge in [-0.15, -0.1) is 0 Å². The third-order valence-electron chi connectivity index (χ3n) is 7.30. The number of hydrogen-bond acceptors (Lipinski definition) is 12. The average Bonchev–Trinajstić information content (AvgIpc) is 3.22. The van der Waals surface area contributed by atoms with E-state index < -0.39 is 47.1 Å². The van der Waals surface area contributed by atoms with Gasteiger partial charge in [0, 0.05) is 6.54 Å². The molecule has 5 rings (SSSR count). The first kappa shape index (κ1) is 48.7. The molecule has 0 saturated carbocycles. The molecule has 20 heteroatoms. The summed E-state index contributed by atoms with van der Waals surface area (Å²) in [6.45, 7) is 5.50. The smallest absolute Gasteiger partial charge is 0.416 e. The fourth-order valence-electron chi connectivity index (χ4n) is 4.53. The minimum Gasteiger partial charge on any atom is -0.465 e. The second-order valence-corrected chi connectivity index (χ2v) is 14.2. The van der Waals surface area contributed by atoms with Crippen molar-refractivity contribution in [2.45, 2.75) is 39.5 Å². The van der Waals surface area contributed by atoms with Crippen molar-refractivity contribution in [1.82, 2.24) is 15.0 Å². The lowest BCUT2D eigenvalue weighted by Crippen LogP contribution is -2.37. The SMILES string of the molecule is COC(=O)c1cc(F)c(Cl)nc1Cl.COC(=O)c1cc(F)c(N(Cc2ccccc2)C(=O)OC(C)(C)C)nc1Cl.COC(=O)c1cc(F)c(NCc2ccccc2)nc1Cl. The molecule has 0 aliphatic carbocycles. The molecule has 2 aromatic carbocycles. The molecule has 1 N–H and O–H groups in total. The summed E-state index contributed by atoms with van der Waals surface area (Å²) < 4.78 is 60.1. The number of methoxy groups -OCH3 is 3. The van der Waals surface area contributed by atoms with Crippen LogP contribution in [0, 0.1) is 17.5 Å². The van der Waals surface area contributed by atoms with Crippen LogP contribution in [0.25, 0.3) is 0 Å². The number of aromatic nitrogens is 3. The summed E-state index contributed by atoms with van der Waals surface area (Å²) in [6.07, 6.45) is -0.792. The molecule has 0 atom stereocenters. The van der Waals surface area contributed by atoms with Gasteiger partial charge in [-0.25, -0.2) is 47.3 Å². The van der Waals surface area contributed by atoms with Crippen LogP contribution in [0.2, 0.25) is 20.6 Å². The highest BCUT2D eigenvalue weighted by Crippen LogP contribution is 2.27. The molecular weight excluding hydrogens is 877 g/mol. The standard InChI is InChI=1S/C19H20ClFN2O4.C14H12ClFN2O2.C7H4Cl2FNO2/c1-19(2,3)27-18(25)23(11-12-8-6-5-7-9-12)16-14(21)10-13(15(20)22-16)17(24)26-4;1-20-14(19)10-7-11(16)13(18-12(10)15)17-8-9-5-3-2-4-6-9;1-13-7(12)3-2-4(10)6(9)11-5(3)8/h5-10H,11H2,1-4H3;2-7H,8H2,1H3,(H,17,18);2H,1H3. The first-order valence-corrected chi connectivity index (χ1v) is 18.6. The molecule has 0 fully saturated rings. The number of pyridine rings is 3. The van der Waals surface area contributed by atoms with Crippen molar-refractivity contribution in [2.75, 3.05) is 31.5 Å². The predicted octanol–water partition coefficient (Wildman–Crippen LogP) is 10.2. The van der Waals surface area contributed by atoms with Crippen LogP contribution < -0.4 is 10.2 Å². The van der Waals surface area contributed by atoms with Crippen LogP contribution in [0.1, 0.15) is 63.0 Å². The number of carbonyl (C=O) groups is 4. The lowest BCUT2D eigenvalue weighted by Gasteiger charge is -2.27. The van der Waals surface area contributed by atoms with Gasteiger partial charge in [0.05, 0.1) is 33.4 Å². The van der Waals surface area contributed by atoms with Gasteiger partial charge in [-0.05, 0) is 50.1 Å². The zero-order valence-corrected chi connectivity index (χ0v) is 35.6. The molecule has 5 aromatic rings. The summed E-state index contributed by atoms with van der Waals surface area (Å²) >= 11 is 22.7. The maximum atomic E-state index is 14.7. The third-order valence-corrected chi connectivity index (χ3v) is 8.43. The second kappa shape index (κ2) is 22.6. The molecule has 0 spiro atoms. The number of esters is 3. The minimum absolute atomic E-state index is 0.00751. The minimum atomic E-state index is -0.901. The highest BCUT2D eigenvalue weighted by atomic mass is 35.5. The fraction of sp³-hybridized carbons (Fsp3) is 0.225. The molecule has 0 aliphatic heterocycles. The Hall–Kier alpha value is -5.68. The van der Waals surface area contributed by atoms with Gasteiger partial charge in [-0.3, -0.25) is 4.90 Å². The van der Waals surface area contributed by atoms with Gasteiger partial charge in [0.2, 0.25) is 0 Å². The number of anilines is 2. The number of rotatable bonds is 9. The number of nitrogens with zero attached hydrogens (tertiary/aromatic N) is 4. The third kappa shape index (κ3) is 14.3. The molecule has 60 heavy (non-hydrogen) atoms. The van der Waals surface area contributed by atoms with Crippen molar-refractivity contribution >= 4 is 82.0 Å². The van der Waals surface area contributed by atoms with Gasteiger partial charge in [0.25, 0.3) is 0 Å². The number of carbonyl (C=O) groups excluding carboxylic acids is 4. The van der Waals surface area contributed by atoms with E-state index in [1.165, 1.54) is 7.11 Å². The van der Waals surface area contributed by atoms with E-state index in [2.05, 4.69) is 34.5 Å². The topological polar surface area (TPSA) is 159 Å². The van der Waals surface area contributed by atoms with Crippen LogP contribution >= 0.6 is 46.4 Å². The zero-order chi connectivity index (χ0) is 44.7. The van der Waals surface area contributed by atoms with Crippen molar-refractivity contribution in [3.05, 3.63) is 145 Å². The summed E-state index contributed by atoms with van der Waals surface area (Å²) in [7, 11) is 3.50. The Morgan fingerprint density at radius 3 is 1.53 bits per heavy atom. The number of ether oxygens (including phenoxy) is 4. The molecule has 3 heterocycles. The first-order valence-electron chi connectivity index (χ1n) is 17.1. The van der Waals surface area contributed by atoms with Crippen molar-refractivity contribution in [2.24, 2.45) is 0 Å². The van der Waals surface area contributed by atoms with Crippen molar-refractivity contribution < 1.29 is 51.3 Å². The Balaban J connectivity index is 0.000000256. The summed E-state index contributed by atoms with van der Waals surface area (Å²) in [6, 6.07) is 21.2. The van der Waals surface area contributed by atoms with E-state index in [4.69, 9.17) is 51.1 Å². The van der Waals surface area contributed by atoms with Gasteiger partial charge in [-0.1, -0.05) is 107 Å². The summed E-state index contributed by atoms with van der Waals surface area (Å²) in [4.78, 5) is 58.8. The largest absolute Gasteiger partial charge is 0.465 e. The lowest BCUT2D eigenvalue weighted by atomic mass is 10.2. The van der Waals surface area contributed by atoms with Crippen LogP contribution in [-0.2, 0) is 32.0 Å². The zero-order valence-electron chi connectivity index (χ0n) is 32.6. The monoisotopic (exact) mass is 911 g/mol. The van der Waals surface area contributed by atoms with Crippen molar-refractivity contribution in [1.29, 1.82) is 0 Å². The van der Waals surface area contributed by atoms with E-state index >= 15 is 0 Å². The Bertz CT molecular complexity index is 2310. The average molecular weight is 914 g/mol. The Morgan fingerprint density at radius 1 is 0.617 bits per heavy atom. The predicted molar refractivity (Wildman–Crippen MR) is 219 cm³/mol. The van der Waals surface area contributed by atoms with Crippen molar-refractivity contribution in [3.8, 4) is 0 Å². The molecule has 0 saturated heterocycles. The van der Waals surface area contributed by atoms with E-state index in [1.807, 2.05) is 36.4 Å². The van der Waals surface area contributed by atoms with Gasteiger partial charge in [-0.2, -0.15) is 0 Å². The Labute approximate surface area is 362 Å². The van der Waals surface area contributed by atoms with Crippen LogP contribution in [0.15, 0.2) is 78.9 Å². The van der Waals surface area contributed by atoms with E-state index in [-0.39, 0.29) is 55.5 Å². The maximum absolute atomic E-state index is 14.7. The maximum Gasteiger partial charge on any atom is 0.416 e. The normalized spacial score (nSPS) is 10.5. The Morgan fingerprint density at radius 2 is 1.05 bits per heavy atom. The highest BCUT2D eigenvalue weighted by Gasteiger charge is 2.29. The number of amides is 1. The molecule has 1 amide bonds. The van der Waals surface area contributed by atoms with Crippen LogP contribution in [0.3, 0.4) is 0 Å². The van der Waals surface area contributed by atoms with Crippen LogP contribution in [-0.4, -0.2) is 65.9 Å². The van der Waals surface area contributed by atoms with Gasteiger partial charge >= 0.3 is 24.0 Å². The molecule has 3 aromatic heterocycles. The van der Waals surface area contributed by atoms with E-state index in [1.54, 1.807) is 45.0 Å². The number of nitrogens with one attached hydrogen (secondary N) is 1. The van der Waals surface area contributed by atoms with Crippen LogP contribution in [0.4, 0.5) is 29.6 Å². The summed E-state index contributed by atoms with van der Waals surface area (Å²) in [5.74, 6) is -5.04. The van der Waals surface area contributed by atoms with E-state index in [0.717, 1.165) is 48.4 Å². The molecule has 318 valence electrons. The van der Waals surface area contributed by atoms with Gasteiger partial charge in [0.15, 0.2) is 34.2 Å². The van der Waals surface area contributed by atoms with Gasteiger partial charge in [0.1, 0.15) is 32.2 Å². The van der Waals surface area contributed by atoms with E-state index in [0.29, 0.717) is 6.54 Å². The molecule has 0 aliphatic rings. The van der Waals surface area contributed by atoms with Crippen molar-refractivity contribution in [3.63, 3.8) is 0 Å². The number of benzene rings is 2.